The van der Waals surface area contributed by atoms with Gasteiger partial charge in [0.05, 0.1) is 5.56 Å². The van der Waals surface area contributed by atoms with Crippen molar-refractivity contribution in [1.82, 2.24) is 4.90 Å². The van der Waals surface area contributed by atoms with E-state index in [0.29, 0.717) is 30.1 Å². The highest BCUT2D eigenvalue weighted by Crippen LogP contribution is 2.21. The molecule has 2 N–H and O–H groups in total. The molecular weight excluding hydrogens is 331 g/mol. The van der Waals surface area contributed by atoms with E-state index in [9.17, 15) is 9.18 Å². The van der Waals surface area contributed by atoms with Crippen molar-refractivity contribution in [2.75, 3.05) is 18.8 Å². The lowest BCUT2D eigenvalue weighted by molar-refractivity contribution is 0.0596. The number of hydrogen-bond acceptors (Lipinski definition) is 3. The standard InChI is InChI=1S/C18H19FN2O2.ClH/c19-13-5-7-14(8-6-13)23-15-9-11-21(12-10-15)18(22)16-3-1-2-4-17(16)20;/h1-8,15H,9-12,20H2;1H. The number of carbonyl (C=O) groups is 1. The van der Waals surface area contributed by atoms with E-state index >= 15 is 0 Å². The summed E-state index contributed by atoms with van der Waals surface area (Å²) in [5.41, 5.74) is 6.92. The van der Waals surface area contributed by atoms with Gasteiger partial charge in [0.1, 0.15) is 17.7 Å². The van der Waals surface area contributed by atoms with E-state index in [2.05, 4.69) is 0 Å². The number of amides is 1. The van der Waals surface area contributed by atoms with Crippen LogP contribution in [0.15, 0.2) is 48.5 Å². The van der Waals surface area contributed by atoms with Crippen LogP contribution < -0.4 is 10.5 Å². The van der Waals surface area contributed by atoms with Crippen LogP contribution in [-0.2, 0) is 0 Å². The summed E-state index contributed by atoms with van der Waals surface area (Å²) < 4.78 is 18.7. The molecule has 128 valence electrons. The Morgan fingerprint density at radius 2 is 1.71 bits per heavy atom. The molecule has 1 aliphatic heterocycles. The van der Waals surface area contributed by atoms with Crippen molar-refractivity contribution in [2.45, 2.75) is 18.9 Å². The number of anilines is 1. The number of nitrogens with zero attached hydrogens (tertiary/aromatic N) is 1. The molecular formula is C18H20ClFN2O2. The van der Waals surface area contributed by atoms with Crippen LogP contribution in [-0.4, -0.2) is 30.0 Å². The zero-order chi connectivity index (χ0) is 16.2. The number of halogens is 2. The Morgan fingerprint density at radius 3 is 2.33 bits per heavy atom. The Bertz CT molecular complexity index is 686. The molecule has 1 heterocycles. The summed E-state index contributed by atoms with van der Waals surface area (Å²) in [6, 6.07) is 13.1. The first kappa shape index (κ1) is 18.1. The number of piperidine rings is 1. The normalized spacial score (nSPS) is 14.8. The van der Waals surface area contributed by atoms with Crippen LogP contribution in [0, 0.1) is 5.82 Å². The van der Waals surface area contributed by atoms with Crippen LogP contribution in [0.1, 0.15) is 23.2 Å². The molecule has 24 heavy (non-hydrogen) atoms. The van der Waals surface area contributed by atoms with E-state index in [1.807, 2.05) is 12.1 Å². The molecule has 1 aliphatic rings. The molecule has 0 aromatic heterocycles. The lowest BCUT2D eigenvalue weighted by Gasteiger charge is -2.32. The fourth-order valence-electron chi connectivity index (χ4n) is 2.74. The summed E-state index contributed by atoms with van der Waals surface area (Å²) in [6.45, 7) is 1.25. The average molecular weight is 351 g/mol. The van der Waals surface area contributed by atoms with Crippen LogP contribution in [0.2, 0.25) is 0 Å². The smallest absolute Gasteiger partial charge is 0.255 e. The molecule has 2 aromatic rings. The predicted octanol–water partition coefficient (Wildman–Crippen LogP) is 3.51. The van der Waals surface area contributed by atoms with E-state index in [-0.39, 0.29) is 30.2 Å². The number of para-hydroxylation sites is 1. The number of ether oxygens (including phenoxy) is 1. The quantitative estimate of drug-likeness (QED) is 0.862. The van der Waals surface area contributed by atoms with Gasteiger partial charge in [0.25, 0.3) is 5.91 Å². The lowest BCUT2D eigenvalue weighted by Crippen LogP contribution is -2.42. The van der Waals surface area contributed by atoms with Crippen molar-refractivity contribution in [3.63, 3.8) is 0 Å². The maximum Gasteiger partial charge on any atom is 0.255 e. The maximum absolute atomic E-state index is 12.9. The second kappa shape index (κ2) is 8.02. The summed E-state index contributed by atoms with van der Waals surface area (Å²) in [5, 5.41) is 0. The molecule has 4 nitrogen and oxygen atoms in total. The molecule has 0 aliphatic carbocycles. The first-order valence-corrected chi connectivity index (χ1v) is 7.69. The first-order valence-electron chi connectivity index (χ1n) is 7.69. The van der Waals surface area contributed by atoms with Gasteiger partial charge in [-0.1, -0.05) is 12.1 Å². The van der Waals surface area contributed by atoms with Gasteiger partial charge in [0, 0.05) is 31.6 Å². The van der Waals surface area contributed by atoms with Gasteiger partial charge in [-0.25, -0.2) is 4.39 Å². The van der Waals surface area contributed by atoms with Crippen molar-refractivity contribution < 1.29 is 13.9 Å². The molecule has 0 radical (unpaired) electrons. The Hall–Kier alpha value is -2.27. The Balaban J connectivity index is 0.00000208. The van der Waals surface area contributed by atoms with Crippen LogP contribution >= 0.6 is 12.4 Å². The number of benzene rings is 2. The number of carbonyl (C=O) groups excluding carboxylic acids is 1. The molecule has 1 fully saturated rings. The molecule has 6 heteroatoms. The van der Waals surface area contributed by atoms with Crippen molar-refractivity contribution in [1.29, 1.82) is 0 Å². The van der Waals surface area contributed by atoms with Crippen molar-refractivity contribution in [3.05, 3.63) is 59.9 Å². The second-order valence-corrected chi connectivity index (χ2v) is 5.65. The summed E-state index contributed by atoms with van der Waals surface area (Å²) in [4.78, 5) is 14.3. The van der Waals surface area contributed by atoms with Crippen LogP contribution in [0.25, 0.3) is 0 Å². The minimum Gasteiger partial charge on any atom is -0.490 e. The summed E-state index contributed by atoms with van der Waals surface area (Å²) in [6.07, 6.45) is 1.53. The summed E-state index contributed by atoms with van der Waals surface area (Å²) >= 11 is 0. The molecule has 2 aromatic carbocycles. The molecule has 0 spiro atoms. The molecule has 1 saturated heterocycles. The van der Waals surface area contributed by atoms with E-state index in [1.165, 1.54) is 12.1 Å². The van der Waals surface area contributed by atoms with E-state index in [0.717, 1.165) is 12.8 Å². The van der Waals surface area contributed by atoms with Gasteiger partial charge in [-0.05, 0) is 36.4 Å². The lowest BCUT2D eigenvalue weighted by atomic mass is 10.1. The minimum absolute atomic E-state index is 0. The predicted molar refractivity (Wildman–Crippen MR) is 94.1 cm³/mol. The number of nitrogen functional groups attached to an aromatic ring is 1. The largest absolute Gasteiger partial charge is 0.490 e. The van der Waals surface area contributed by atoms with Crippen molar-refractivity contribution in [2.24, 2.45) is 0 Å². The third-order valence-electron chi connectivity index (χ3n) is 4.04. The molecule has 1 amide bonds. The SMILES string of the molecule is Cl.Nc1ccccc1C(=O)N1CCC(Oc2ccc(F)cc2)CC1. The highest BCUT2D eigenvalue weighted by molar-refractivity contribution is 5.99. The molecule has 0 bridgehead atoms. The van der Waals surface area contributed by atoms with Crippen molar-refractivity contribution >= 4 is 24.0 Å². The van der Waals surface area contributed by atoms with Gasteiger partial charge < -0.3 is 15.4 Å². The van der Waals surface area contributed by atoms with E-state index in [1.54, 1.807) is 29.2 Å². The Morgan fingerprint density at radius 1 is 1.08 bits per heavy atom. The Labute approximate surface area is 146 Å². The monoisotopic (exact) mass is 350 g/mol. The van der Waals surface area contributed by atoms with Gasteiger partial charge in [0.2, 0.25) is 0 Å². The van der Waals surface area contributed by atoms with Crippen LogP contribution in [0.3, 0.4) is 0 Å². The fraction of sp³-hybridized carbons (Fsp3) is 0.278. The van der Waals surface area contributed by atoms with Crippen LogP contribution in [0.5, 0.6) is 5.75 Å². The number of rotatable bonds is 3. The van der Waals surface area contributed by atoms with Gasteiger partial charge in [0.15, 0.2) is 0 Å². The number of nitrogens with two attached hydrogens (primary N) is 1. The first-order chi connectivity index (χ1) is 11.1. The maximum atomic E-state index is 12.9. The zero-order valence-corrected chi connectivity index (χ0v) is 14.0. The van der Waals surface area contributed by atoms with E-state index < -0.39 is 0 Å². The highest BCUT2D eigenvalue weighted by Gasteiger charge is 2.25. The minimum atomic E-state index is -0.279. The third kappa shape index (κ3) is 4.17. The average Bonchev–Trinajstić information content (AvgIpc) is 2.57. The number of hydrogen-bond donors (Lipinski definition) is 1. The second-order valence-electron chi connectivity index (χ2n) is 5.65. The Kier molecular flexibility index (Phi) is 6.04. The van der Waals surface area contributed by atoms with Gasteiger partial charge in [-0.3, -0.25) is 4.79 Å². The van der Waals surface area contributed by atoms with Gasteiger partial charge >= 0.3 is 0 Å². The third-order valence-corrected chi connectivity index (χ3v) is 4.04. The summed E-state index contributed by atoms with van der Waals surface area (Å²) in [7, 11) is 0. The molecule has 3 rings (SSSR count). The molecule has 0 atom stereocenters. The fourth-order valence-corrected chi connectivity index (χ4v) is 2.74. The topological polar surface area (TPSA) is 55.6 Å². The highest BCUT2D eigenvalue weighted by atomic mass is 35.5. The molecule has 0 saturated carbocycles. The summed E-state index contributed by atoms with van der Waals surface area (Å²) in [5.74, 6) is 0.338. The van der Waals surface area contributed by atoms with Gasteiger partial charge in [-0.15, -0.1) is 12.4 Å². The van der Waals surface area contributed by atoms with Gasteiger partial charge in [-0.2, -0.15) is 0 Å². The molecule has 0 unspecified atom stereocenters. The van der Waals surface area contributed by atoms with Crippen LogP contribution in [0.4, 0.5) is 10.1 Å². The number of likely N-dealkylation sites (tertiary alicyclic amines) is 1. The zero-order valence-electron chi connectivity index (χ0n) is 13.2. The van der Waals surface area contributed by atoms with E-state index in [4.69, 9.17) is 10.5 Å². The van der Waals surface area contributed by atoms with Crippen molar-refractivity contribution in [3.8, 4) is 5.75 Å².